The van der Waals surface area contributed by atoms with Gasteiger partial charge in [-0.15, -0.1) is 0 Å². The topological polar surface area (TPSA) is 49.3 Å². The third kappa shape index (κ3) is 3.24. The number of hydrogen-bond donors (Lipinski definition) is 2. The van der Waals surface area contributed by atoms with Crippen LogP contribution in [0, 0.1) is 6.92 Å². The molecule has 114 valence electrons. The number of phenols is 1. The second-order valence-corrected chi connectivity index (χ2v) is 5.39. The molecule has 3 heteroatoms. The molecule has 2 N–H and O–H groups in total. The Hall–Kier alpha value is -3.07. The predicted molar refractivity (Wildman–Crippen MR) is 92.7 cm³/mol. The van der Waals surface area contributed by atoms with Crippen LogP contribution in [0.3, 0.4) is 0 Å². The van der Waals surface area contributed by atoms with E-state index in [4.69, 9.17) is 0 Å². The average Bonchev–Trinajstić information content (AvgIpc) is 2.57. The largest absolute Gasteiger partial charge is 0.507 e. The van der Waals surface area contributed by atoms with Crippen molar-refractivity contribution in [3.05, 3.63) is 83.9 Å². The molecule has 3 aromatic carbocycles. The van der Waals surface area contributed by atoms with Gasteiger partial charge in [-0.1, -0.05) is 60.2 Å². The number of rotatable bonds is 3. The number of aryl methyl sites for hydroxylation is 1. The Balaban J connectivity index is 1.98. The summed E-state index contributed by atoms with van der Waals surface area (Å²) in [6.07, 6.45) is 0. The average molecular weight is 303 g/mol. The first-order valence-corrected chi connectivity index (χ1v) is 7.40. The monoisotopic (exact) mass is 303 g/mol. The SMILES string of the molecule is Cc1ccc(NC(=O)c2c(O)cccc2-c2ccccc2)cc1. The first-order valence-electron chi connectivity index (χ1n) is 7.40. The van der Waals surface area contributed by atoms with E-state index in [1.807, 2.05) is 67.6 Å². The summed E-state index contributed by atoms with van der Waals surface area (Å²) in [7, 11) is 0. The molecule has 0 spiro atoms. The maximum atomic E-state index is 12.6. The molecule has 0 heterocycles. The number of phenolic OH excluding ortho intramolecular Hbond substituents is 1. The lowest BCUT2D eigenvalue weighted by molar-refractivity contribution is 0.102. The Bertz CT molecular complexity index is 824. The fraction of sp³-hybridized carbons (Fsp3) is 0.0500. The zero-order valence-corrected chi connectivity index (χ0v) is 12.8. The summed E-state index contributed by atoms with van der Waals surface area (Å²) in [6, 6.07) is 22.2. The fourth-order valence-corrected chi connectivity index (χ4v) is 2.47. The summed E-state index contributed by atoms with van der Waals surface area (Å²) >= 11 is 0. The maximum absolute atomic E-state index is 12.6. The molecule has 0 radical (unpaired) electrons. The zero-order valence-electron chi connectivity index (χ0n) is 12.8. The van der Waals surface area contributed by atoms with Crippen LogP contribution in [0.4, 0.5) is 5.69 Å². The van der Waals surface area contributed by atoms with Gasteiger partial charge in [0.2, 0.25) is 0 Å². The van der Waals surface area contributed by atoms with Crippen molar-refractivity contribution in [2.75, 3.05) is 5.32 Å². The van der Waals surface area contributed by atoms with Crippen LogP contribution < -0.4 is 5.32 Å². The molecule has 0 aliphatic carbocycles. The van der Waals surface area contributed by atoms with Crippen molar-refractivity contribution in [3.63, 3.8) is 0 Å². The van der Waals surface area contributed by atoms with Crippen molar-refractivity contribution >= 4 is 11.6 Å². The van der Waals surface area contributed by atoms with Gasteiger partial charge in [0.25, 0.3) is 5.91 Å². The van der Waals surface area contributed by atoms with E-state index in [1.165, 1.54) is 6.07 Å². The molecule has 0 unspecified atom stereocenters. The molecule has 0 fully saturated rings. The van der Waals surface area contributed by atoms with Gasteiger partial charge >= 0.3 is 0 Å². The molecule has 3 nitrogen and oxygen atoms in total. The highest BCUT2D eigenvalue weighted by atomic mass is 16.3. The summed E-state index contributed by atoms with van der Waals surface area (Å²) in [6.45, 7) is 1.99. The highest BCUT2D eigenvalue weighted by molar-refractivity contribution is 6.10. The third-order valence-corrected chi connectivity index (χ3v) is 3.66. The normalized spacial score (nSPS) is 10.3. The Morgan fingerprint density at radius 1 is 0.870 bits per heavy atom. The summed E-state index contributed by atoms with van der Waals surface area (Å²) in [5, 5.41) is 13.0. The van der Waals surface area contributed by atoms with Crippen molar-refractivity contribution < 1.29 is 9.90 Å². The van der Waals surface area contributed by atoms with Crippen LogP contribution in [0.2, 0.25) is 0 Å². The van der Waals surface area contributed by atoms with Crippen LogP contribution in [-0.2, 0) is 0 Å². The summed E-state index contributed by atoms with van der Waals surface area (Å²) in [4.78, 5) is 12.6. The number of carbonyl (C=O) groups excluding carboxylic acids is 1. The molecule has 1 amide bonds. The minimum atomic E-state index is -0.328. The molecule has 0 aromatic heterocycles. The van der Waals surface area contributed by atoms with E-state index in [9.17, 15) is 9.90 Å². The number of anilines is 1. The summed E-state index contributed by atoms with van der Waals surface area (Å²) < 4.78 is 0. The molecule has 23 heavy (non-hydrogen) atoms. The first-order chi connectivity index (χ1) is 11.1. The molecule has 0 bridgehead atoms. The van der Waals surface area contributed by atoms with Gasteiger partial charge < -0.3 is 10.4 Å². The molecule has 0 aliphatic heterocycles. The van der Waals surface area contributed by atoms with E-state index in [0.29, 0.717) is 11.3 Å². The number of amides is 1. The molecule has 3 rings (SSSR count). The van der Waals surface area contributed by atoms with Gasteiger partial charge in [0.05, 0.1) is 5.56 Å². The third-order valence-electron chi connectivity index (χ3n) is 3.66. The smallest absolute Gasteiger partial charge is 0.260 e. The second-order valence-electron chi connectivity index (χ2n) is 5.39. The quantitative estimate of drug-likeness (QED) is 0.741. The number of carbonyl (C=O) groups is 1. The van der Waals surface area contributed by atoms with Crippen LogP contribution >= 0.6 is 0 Å². The van der Waals surface area contributed by atoms with Crippen LogP contribution in [0.15, 0.2) is 72.8 Å². The van der Waals surface area contributed by atoms with Crippen LogP contribution in [0.25, 0.3) is 11.1 Å². The Morgan fingerprint density at radius 3 is 2.26 bits per heavy atom. The lowest BCUT2D eigenvalue weighted by Crippen LogP contribution is -2.13. The molecule has 0 saturated heterocycles. The number of aromatic hydroxyl groups is 1. The van der Waals surface area contributed by atoms with E-state index in [2.05, 4.69) is 5.32 Å². The highest BCUT2D eigenvalue weighted by Crippen LogP contribution is 2.30. The van der Waals surface area contributed by atoms with Crippen molar-refractivity contribution in [1.82, 2.24) is 0 Å². The van der Waals surface area contributed by atoms with E-state index in [1.54, 1.807) is 6.07 Å². The maximum Gasteiger partial charge on any atom is 0.260 e. The minimum absolute atomic E-state index is 0.0315. The van der Waals surface area contributed by atoms with Crippen molar-refractivity contribution in [2.45, 2.75) is 6.92 Å². The van der Waals surface area contributed by atoms with E-state index >= 15 is 0 Å². The first kappa shape index (κ1) is 14.9. The lowest BCUT2D eigenvalue weighted by atomic mass is 9.98. The number of benzene rings is 3. The second kappa shape index (κ2) is 6.36. The van der Waals surface area contributed by atoms with Gasteiger partial charge in [-0.25, -0.2) is 0 Å². The van der Waals surface area contributed by atoms with Crippen molar-refractivity contribution in [3.8, 4) is 16.9 Å². The van der Waals surface area contributed by atoms with Crippen LogP contribution in [0.1, 0.15) is 15.9 Å². The molecule has 0 atom stereocenters. The molecule has 0 aliphatic rings. The fourth-order valence-electron chi connectivity index (χ4n) is 2.47. The van der Waals surface area contributed by atoms with Crippen LogP contribution in [0.5, 0.6) is 5.75 Å². The van der Waals surface area contributed by atoms with Gasteiger partial charge in [-0.2, -0.15) is 0 Å². The van der Waals surface area contributed by atoms with E-state index in [0.717, 1.165) is 11.1 Å². The van der Waals surface area contributed by atoms with Gasteiger partial charge in [0.15, 0.2) is 0 Å². The number of hydrogen-bond acceptors (Lipinski definition) is 2. The Kier molecular flexibility index (Phi) is 4.11. The Morgan fingerprint density at radius 2 is 1.57 bits per heavy atom. The zero-order chi connectivity index (χ0) is 16.2. The molecular weight excluding hydrogens is 286 g/mol. The summed E-state index contributed by atoms with van der Waals surface area (Å²) in [5.41, 5.74) is 3.69. The lowest BCUT2D eigenvalue weighted by Gasteiger charge is -2.12. The molecule has 0 saturated carbocycles. The van der Waals surface area contributed by atoms with E-state index < -0.39 is 0 Å². The summed E-state index contributed by atoms with van der Waals surface area (Å²) in [5.74, 6) is -0.359. The molecule has 3 aromatic rings. The van der Waals surface area contributed by atoms with Crippen molar-refractivity contribution in [2.24, 2.45) is 0 Å². The standard InChI is InChI=1S/C20H17NO2/c1-14-10-12-16(13-11-14)21-20(23)19-17(8-5-9-18(19)22)15-6-3-2-4-7-15/h2-13,22H,1H3,(H,21,23). The van der Waals surface area contributed by atoms with Crippen LogP contribution in [-0.4, -0.2) is 11.0 Å². The van der Waals surface area contributed by atoms with E-state index in [-0.39, 0.29) is 17.2 Å². The minimum Gasteiger partial charge on any atom is -0.507 e. The van der Waals surface area contributed by atoms with Gasteiger partial charge in [0, 0.05) is 5.69 Å². The Labute approximate surface area is 135 Å². The van der Waals surface area contributed by atoms with Gasteiger partial charge in [0.1, 0.15) is 5.75 Å². The number of nitrogens with one attached hydrogen (secondary N) is 1. The van der Waals surface area contributed by atoms with Crippen molar-refractivity contribution in [1.29, 1.82) is 0 Å². The highest BCUT2D eigenvalue weighted by Gasteiger charge is 2.17. The molecular formula is C20H17NO2. The van der Waals surface area contributed by atoms with Gasteiger partial charge in [-0.05, 0) is 36.2 Å². The predicted octanol–water partition coefficient (Wildman–Crippen LogP) is 4.62. The van der Waals surface area contributed by atoms with Gasteiger partial charge in [-0.3, -0.25) is 4.79 Å².